The van der Waals surface area contributed by atoms with Crippen molar-refractivity contribution in [3.05, 3.63) is 23.2 Å². The highest BCUT2D eigenvalue weighted by molar-refractivity contribution is 6.33. The maximum absolute atomic E-state index is 11.1. The summed E-state index contributed by atoms with van der Waals surface area (Å²) in [6, 6.07) is 1.99. The smallest absolute Gasteiger partial charge is 0.372 e. The van der Waals surface area contributed by atoms with Gasteiger partial charge in [-0.2, -0.15) is 0 Å². The van der Waals surface area contributed by atoms with Crippen LogP contribution in [0.2, 0.25) is 5.15 Å². The lowest BCUT2D eigenvalue weighted by Crippen LogP contribution is -2.08. The summed E-state index contributed by atoms with van der Waals surface area (Å²) in [5.74, 6) is -0.980. The van der Waals surface area contributed by atoms with Crippen LogP contribution in [0.3, 0.4) is 0 Å². The maximum Gasteiger partial charge on any atom is 0.372 e. The molecule has 2 heterocycles. The van der Waals surface area contributed by atoms with Gasteiger partial charge in [-0.25, -0.2) is 14.8 Å². The topological polar surface area (TPSA) is 68.0 Å². The molecule has 0 aliphatic heterocycles. The maximum atomic E-state index is 11.1. The first-order chi connectivity index (χ1) is 7.68. The number of hydrogen-bond donors (Lipinski definition) is 1. The highest BCUT2D eigenvalue weighted by atomic mass is 35.5. The Morgan fingerprint density at radius 2 is 2.31 bits per heavy atom. The third-order valence-electron chi connectivity index (χ3n) is 2.67. The van der Waals surface area contributed by atoms with Crippen molar-refractivity contribution < 1.29 is 9.90 Å². The number of fused-ring (bicyclic) bond motifs is 1. The van der Waals surface area contributed by atoms with Crippen molar-refractivity contribution in [2.45, 2.75) is 18.9 Å². The van der Waals surface area contributed by atoms with Crippen LogP contribution in [0.25, 0.3) is 11.0 Å². The number of carboxylic acid groups (broad SMARTS) is 1. The van der Waals surface area contributed by atoms with Crippen molar-refractivity contribution in [2.75, 3.05) is 0 Å². The zero-order chi connectivity index (χ0) is 11.3. The zero-order valence-corrected chi connectivity index (χ0v) is 8.98. The molecule has 3 rings (SSSR count). The summed E-state index contributed by atoms with van der Waals surface area (Å²) >= 11 is 5.89. The van der Waals surface area contributed by atoms with Gasteiger partial charge in [0.15, 0.2) is 5.15 Å². The van der Waals surface area contributed by atoms with E-state index in [0.29, 0.717) is 5.52 Å². The van der Waals surface area contributed by atoms with E-state index in [4.69, 9.17) is 16.7 Å². The Balaban J connectivity index is 2.37. The Morgan fingerprint density at radius 3 is 2.94 bits per heavy atom. The lowest BCUT2D eigenvalue weighted by Gasteiger charge is -2.03. The third kappa shape index (κ3) is 1.28. The molecule has 2 aromatic rings. The molecule has 1 aliphatic rings. The zero-order valence-electron chi connectivity index (χ0n) is 8.22. The summed E-state index contributed by atoms with van der Waals surface area (Å²) in [4.78, 5) is 19.0. The van der Waals surface area contributed by atoms with Gasteiger partial charge in [0.05, 0.1) is 5.52 Å². The van der Waals surface area contributed by atoms with Gasteiger partial charge in [-0.3, -0.25) is 0 Å². The van der Waals surface area contributed by atoms with Crippen LogP contribution in [-0.4, -0.2) is 25.6 Å². The number of hydrogen-bond acceptors (Lipinski definition) is 3. The largest absolute Gasteiger partial charge is 0.475 e. The number of halogens is 1. The highest BCUT2D eigenvalue weighted by Gasteiger charge is 2.31. The Hall–Kier alpha value is -1.62. The number of pyridine rings is 1. The van der Waals surface area contributed by atoms with E-state index in [-0.39, 0.29) is 17.0 Å². The van der Waals surface area contributed by atoms with Gasteiger partial charge in [-0.05, 0) is 18.9 Å². The number of imidazole rings is 1. The van der Waals surface area contributed by atoms with Crippen molar-refractivity contribution in [1.82, 2.24) is 14.5 Å². The second-order valence-corrected chi connectivity index (χ2v) is 4.17. The molecule has 1 fully saturated rings. The Bertz CT molecular complexity index is 589. The van der Waals surface area contributed by atoms with E-state index in [9.17, 15) is 4.79 Å². The van der Waals surface area contributed by atoms with Gasteiger partial charge in [0.25, 0.3) is 0 Å². The second kappa shape index (κ2) is 3.18. The minimum atomic E-state index is -1.03. The molecule has 82 valence electrons. The molecule has 0 aromatic carbocycles. The molecule has 0 atom stereocenters. The predicted molar refractivity (Wildman–Crippen MR) is 57.8 cm³/mol. The fraction of sp³-hybridized carbons (Fsp3) is 0.300. The Morgan fingerprint density at radius 1 is 1.56 bits per heavy atom. The van der Waals surface area contributed by atoms with Gasteiger partial charge >= 0.3 is 5.97 Å². The predicted octanol–water partition coefficient (Wildman–Crippen LogP) is 2.12. The summed E-state index contributed by atoms with van der Waals surface area (Å²) in [6.07, 6.45) is 3.55. The lowest BCUT2D eigenvalue weighted by atomic mass is 10.4. The van der Waals surface area contributed by atoms with Crippen LogP contribution in [0.15, 0.2) is 12.3 Å². The molecule has 6 heteroatoms. The fourth-order valence-corrected chi connectivity index (χ4v) is 2.04. The fourth-order valence-electron chi connectivity index (χ4n) is 1.84. The van der Waals surface area contributed by atoms with E-state index in [2.05, 4.69) is 9.97 Å². The van der Waals surface area contributed by atoms with Crippen molar-refractivity contribution in [2.24, 2.45) is 0 Å². The Labute approximate surface area is 95.7 Å². The van der Waals surface area contributed by atoms with E-state index in [0.717, 1.165) is 18.4 Å². The number of carbonyl (C=O) groups is 1. The summed E-state index contributed by atoms with van der Waals surface area (Å²) in [7, 11) is 0. The molecular weight excluding hydrogens is 230 g/mol. The first-order valence-electron chi connectivity index (χ1n) is 4.94. The highest BCUT2D eigenvalue weighted by Crippen LogP contribution is 2.39. The molecular formula is C10H8ClN3O2. The number of aromatic nitrogens is 3. The van der Waals surface area contributed by atoms with E-state index in [1.807, 2.05) is 0 Å². The molecule has 0 amide bonds. The Kier molecular flexibility index (Phi) is 1.91. The van der Waals surface area contributed by atoms with Gasteiger partial charge < -0.3 is 9.67 Å². The van der Waals surface area contributed by atoms with Crippen molar-refractivity contribution >= 4 is 28.6 Å². The second-order valence-electron chi connectivity index (χ2n) is 3.81. The quantitative estimate of drug-likeness (QED) is 0.813. The van der Waals surface area contributed by atoms with Crippen LogP contribution >= 0.6 is 11.6 Å². The summed E-state index contributed by atoms with van der Waals surface area (Å²) in [6.45, 7) is 0. The number of nitrogens with zero attached hydrogens (tertiary/aromatic N) is 3. The summed E-state index contributed by atoms with van der Waals surface area (Å²) in [5.41, 5.74) is 1.22. The number of carboxylic acids is 1. The number of aromatic carboxylic acids is 1. The summed E-state index contributed by atoms with van der Waals surface area (Å²) in [5, 5.41) is 9.34. The number of rotatable bonds is 2. The average Bonchev–Trinajstić information content (AvgIpc) is 2.99. The molecule has 0 spiro atoms. The van der Waals surface area contributed by atoms with Crippen LogP contribution in [0, 0.1) is 0 Å². The van der Waals surface area contributed by atoms with E-state index in [1.165, 1.54) is 0 Å². The van der Waals surface area contributed by atoms with E-state index in [1.54, 1.807) is 16.8 Å². The SMILES string of the molecule is O=C(O)c1nc2c(Cl)nccc2n1C1CC1. The molecule has 1 aliphatic carbocycles. The van der Waals surface area contributed by atoms with E-state index >= 15 is 0 Å². The molecule has 0 unspecified atom stereocenters. The molecule has 1 saturated carbocycles. The third-order valence-corrected chi connectivity index (χ3v) is 2.94. The molecule has 0 radical (unpaired) electrons. The lowest BCUT2D eigenvalue weighted by molar-refractivity contribution is 0.0678. The molecule has 5 nitrogen and oxygen atoms in total. The normalized spacial score (nSPS) is 15.6. The first-order valence-corrected chi connectivity index (χ1v) is 5.32. The standard InChI is InChI=1S/C10H8ClN3O2/c11-8-7-6(3-4-12-8)14(5-1-2-5)9(13-7)10(15)16/h3-5H,1-2H2,(H,15,16). The monoisotopic (exact) mass is 237 g/mol. The van der Waals surface area contributed by atoms with Crippen LogP contribution in [-0.2, 0) is 0 Å². The van der Waals surface area contributed by atoms with Crippen LogP contribution in [0.5, 0.6) is 0 Å². The van der Waals surface area contributed by atoms with Gasteiger partial charge in [-0.1, -0.05) is 11.6 Å². The van der Waals surface area contributed by atoms with Gasteiger partial charge in [0, 0.05) is 12.2 Å². The van der Waals surface area contributed by atoms with Crippen LogP contribution in [0.1, 0.15) is 29.5 Å². The molecule has 0 saturated heterocycles. The van der Waals surface area contributed by atoms with Crippen LogP contribution < -0.4 is 0 Å². The minimum absolute atomic E-state index is 0.0485. The minimum Gasteiger partial charge on any atom is -0.475 e. The van der Waals surface area contributed by atoms with Crippen LogP contribution in [0.4, 0.5) is 0 Å². The first kappa shape index (κ1) is 9.59. The average molecular weight is 238 g/mol. The molecule has 0 bridgehead atoms. The van der Waals surface area contributed by atoms with Gasteiger partial charge in [-0.15, -0.1) is 0 Å². The van der Waals surface area contributed by atoms with Gasteiger partial charge in [0.1, 0.15) is 5.52 Å². The van der Waals surface area contributed by atoms with Gasteiger partial charge in [0.2, 0.25) is 5.82 Å². The summed E-state index contributed by atoms with van der Waals surface area (Å²) < 4.78 is 1.74. The van der Waals surface area contributed by atoms with E-state index < -0.39 is 5.97 Å². The van der Waals surface area contributed by atoms with Crippen molar-refractivity contribution in [3.8, 4) is 0 Å². The molecule has 2 aromatic heterocycles. The van der Waals surface area contributed by atoms with Crippen molar-refractivity contribution in [3.63, 3.8) is 0 Å². The van der Waals surface area contributed by atoms with Crippen molar-refractivity contribution in [1.29, 1.82) is 0 Å². The molecule has 16 heavy (non-hydrogen) atoms. The molecule has 1 N–H and O–H groups in total.